The summed E-state index contributed by atoms with van der Waals surface area (Å²) in [5.74, 6) is 0.0110. The maximum absolute atomic E-state index is 11.3. The van der Waals surface area contributed by atoms with Crippen molar-refractivity contribution in [3.63, 3.8) is 0 Å². The van der Waals surface area contributed by atoms with Gasteiger partial charge in [0.05, 0.1) is 12.2 Å². The van der Waals surface area contributed by atoms with Crippen LogP contribution in [0.4, 0.5) is 5.13 Å². The first-order valence-corrected chi connectivity index (χ1v) is 10.8. The molecule has 2 heterocycles. The summed E-state index contributed by atoms with van der Waals surface area (Å²) in [7, 11) is 0. The third-order valence-electron chi connectivity index (χ3n) is 3.82. The van der Waals surface area contributed by atoms with Gasteiger partial charge in [-0.2, -0.15) is 0 Å². The van der Waals surface area contributed by atoms with Gasteiger partial charge in [0.15, 0.2) is 5.13 Å². The van der Waals surface area contributed by atoms with E-state index < -0.39 is 0 Å². The number of aryl methyl sites for hydroxylation is 1. The van der Waals surface area contributed by atoms with Crippen LogP contribution in [0.5, 0.6) is 0 Å². The maximum atomic E-state index is 11.3. The third-order valence-corrected chi connectivity index (χ3v) is 4.58. The number of nitrogens with one attached hydrogen (secondary N) is 1. The summed E-state index contributed by atoms with van der Waals surface area (Å²) in [4.78, 5) is 29.8. The topological polar surface area (TPSA) is 98.0 Å². The van der Waals surface area contributed by atoms with Gasteiger partial charge in [-0.25, -0.2) is 4.98 Å². The predicted octanol–water partition coefficient (Wildman–Crippen LogP) is 5.09. The smallest absolute Gasteiger partial charge is 0.239 e. The molecule has 0 saturated carbocycles. The summed E-state index contributed by atoms with van der Waals surface area (Å²) >= 11 is 1.38. The summed E-state index contributed by atoms with van der Waals surface area (Å²) < 4.78 is 0. The van der Waals surface area contributed by atoms with Crippen molar-refractivity contribution in [1.29, 1.82) is 0 Å². The Balaban J connectivity index is 0.000000565. The van der Waals surface area contributed by atoms with E-state index in [1.54, 1.807) is 13.1 Å². The number of thiazole rings is 1. The Kier molecular flexibility index (Phi) is 11.2. The van der Waals surface area contributed by atoms with E-state index in [1.165, 1.54) is 11.3 Å². The Morgan fingerprint density at radius 1 is 1.10 bits per heavy atom. The van der Waals surface area contributed by atoms with Crippen LogP contribution >= 0.6 is 11.3 Å². The van der Waals surface area contributed by atoms with Gasteiger partial charge < -0.3 is 15.8 Å². The van der Waals surface area contributed by atoms with Crippen molar-refractivity contribution in [3.8, 4) is 22.4 Å². The van der Waals surface area contributed by atoms with Crippen LogP contribution in [0.25, 0.3) is 22.4 Å². The molecule has 0 radical (unpaired) electrons. The molecule has 1 amide bonds. The monoisotopic (exact) mass is 426 g/mol. The maximum Gasteiger partial charge on any atom is 0.239 e. The van der Waals surface area contributed by atoms with Crippen molar-refractivity contribution >= 4 is 28.2 Å². The second-order valence-corrected chi connectivity index (χ2v) is 6.97. The van der Waals surface area contributed by atoms with Gasteiger partial charge in [0.1, 0.15) is 5.78 Å². The van der Waals surface area contributed by atoms with E-state index in [-0.39, 0.29) is 18.2 Å². The van der Waals surface area contributed by atoms with E-state index in [9.17, 15) is 9.59 Å². The second kappa shape index (κ2) is 13.3. The number of amides is 1. The van der Waals surface area contributed by atoms with Crippen LogP contribution in [-0.4, -0.2) is 28.2 Å². The molecule has 0 aliphatic heterocycles. The molecule has 1 aromatic carbocycles. The van der Waals surface area contributed by atoms with E-state index in [0.29, 0.717) is 11.6 Å². The van der Waals surface area contributed by atoms with Gasteiger partial charge in [-0.1, -0.05) is 39.0 Å². The van der Waals surface area contributed by atoms with Gasteiger partial charge >= 0.3 is 0 Å². The number of rotatable bonds is 5. The van der Waals surface area contributed by atoms with E-state index in [4.69, 9.17) is 5.73 Å². The molecule has 3 rings (SSSR count). The molecule has 0 fully saturated rings. The Hall–Kier alpha value is -2.90. The molecule has 3 aromatic rings. The summed E-state index contributed by atoms with van der Waals surface area (Å²) in [6.07, 6.45) is 2.47. The Morgan fingerprint density at radius 2 is 1.73 bits per heavy atom. The first-order chi connectivity index (χ1) is 14.4. The molecule has 0 aliphatic rings. The van der Waals surface area contributed by atoms with Crippen LogP contribution in [0, 0.1) is 6.92 Å². The average molecular weight is 427 g/mol. The number of aromatic nitrogens is 2. The van der Waals surface area contributed by atoms with Crippen LogP contribution in [-0.2, 0) is 9.59 Å². The van der Waals surface area contributed by atoms with Crippen LogP contribution in [0.15, 0.2) is 48.0 Å². The summed E-state index contributed by atoms with van der Waals surface area (Å²) in [6, 6.07) is 12.2. The lowest BCUT2D eigenvalue weighted by Crippen LogP contribution is -2.21. The summed E-state index contributed by atoms with van der Waals surface area (Å²) in [6.45, 7) is 9.36. The molecule has 0 saturated heterocycles. The molecular weight excluding hydrogens is 396 g/mol. The second-order valence-electron chi connectivity index (χ2n) is 6.11. The van der Waals surface area contributed by atoms with Crippen molar-refractivity contribution in [2.45, 2.75) is 41.0 Å². The van der Waals surface area contributed by atoms with Crippen molar-refractivity contribution in [1.82, 2.24) is 9.97 Å². The number of pyridine rings is 1. The molecule has 2 aromatic heterocycles. The number of nitrogens with zero attached hydrogens (tertiary/aromatic N) is 2. The van der Waals surface area contributed by atoms with Crippen LogP contribution in [0.2, 0.25) is 0 Å². The molecule has 0 atom stereocenters. The molecule has 0 bridgehead atoms. The number of nitrogens with two attached hydrogens (primary N) is 1. The standard InChI is InChI=1S/C17H16N4OS.C4H8O.C2H6/c1-11-7-13(5-6-19-11)12-3-2-4-14(8-12)15-10-23-17(20-15)21-16(22)9-18;1-3-4(2)5;1-2/h2-8,10H,9,18H2,1H3,(H,20,21,22);3H2,1-2H3;1-2H3. The van der Waals surface area contributed by atoms with E-state index in [1.807, 2.05) is 57.3 Å². The van der Waals surface area contributed by atoms with Crippen LogP contribution in [0.3, 0.4) is 0 Å². The minimum atomic E-state index is -0.244. The van der Waals surface area contributed by atoms with Crippen molar-refractivity contribution in [3.05, 3.63) is 53.7 Å². The fraction of sp³-hybridized carbons (Fsp3) is 0.304. The molecular formula is C23H30N4O2S. The third kappa shape index (κ3) is 8.23. The zero-order valence-electron chi connectivity index (χ0n) is 18.2. The molecule has 0 aliphatic carbocycles. The summed E-state index contributed by atoms with van der Waals surface area (Å²) in [5, 5.41) is 5.15. The molecule has 0 spiro atoms. The molecule has 30 heavy (non-hydrogen) atoms. The number of ketones is 1. The molecule has 7 heteroatoms. The summed E-state index contributed by atoms with van der Waals surface area (Å²) in [5.41, 5.74) is 10.3. The lowest BCUT2D eigenvalue weighted by molar-refractivity contribution is -0.117. The van der Waals surface area contributed by atoms with Crippen LogP contribution < -0.4 is 11.1 Å². The van der Waals surface area contributed by atoms with Gasteiger partial charge in [0, 0.05) is 29.3 Å². The SMILES string of the molecule is CC.CCC(C)=O.Cc1cc(-c2cccc(-c3csc(NC(=O)CN)n3)c2)ccn1. The van der Waals surface area contributed by atoms with E-state index >= 15 is 0 Å². The Morgan fingerprint density at radius 3 is 2.33 bits per heavy atom. The first kappa shape index (κ1) is 25.1. The highest BCUT2D eigenvalue weighted by Crippen LogP contribution is 2.28. The van der Waals surface area contributed by atoms with E-state index in [0.717, 1.165) is 28.1 Å². The fourth-order valence-corrected chi connectivity index (χ4v) is 2.95. The van der Waals surface area contributed by atoms with Crippen molar-refractivity contribution < 1.29 is 9.59 Å². The highest BCUT2D eigenvalue weighted by molar-refractivity contribution is 7.14. The number of hydrogen-bond donors (Lipinski definition) is 2. The zero-order chi connectivity index (χ0) is 22.5. The zero-order valence-corrected chi connectivity index (χ0v) is 19.0. The normalized spacial score (nSPS) is 9.53. The fourth-order valence-electron chi connectivity index (χ4n) is 2.22. The lowest BCUT2D eigenvalue weighted by atomic mass is 10.0. The van der Waals surface area contributed by atoms with Gasteiger partial charge in [0.2, 0.25) is 5.91 Å². The molecule has 0 unspecified atom stereocenters. The van der Waals surface area contributed by atoms with E-state index in [2.05, 4.69) is 27.4 Å². The van der Waals surface area contributed by atoms with Gasteiger partial charge in [0.25, 0.3) is 0 Å². The van der Waals surface area contributed by atoms with Crippen molar-refractivity contribution in [2.75, 3.05) is 11.9 Å². The van der Waals surface area contributed by atoms with Crippen molar-refractivity contribution in [2.24, 2.45) is 5.73 Å². The molecule has 160 valence electrons. The quantitative estimate of drug-likeness (QED) is 0.592. The minimum Gasteiger partial charge on any atom is -0.322 e. The Labute approximate surface area is 182 Å². The first-order valence-electron chi connectivity index (χ1n) is 9.91. The number of benzene rings is 1. The lowest BCUT2D eigenvalue weighted by Gasteiger charge is -2.05. The highest BCUT2D eigenvalue weighted by Gasteiger charge is 2.08. The molecule has 3 N–H and O–H groups in total. The number of Topliss-reactive ketones (excluding diaryl/α,β-unsaturated/α-hetero) is 1. The highest BCUT2D eigenvalue weighted by atomic mass is 32.1. The minimum absolute atomic E-state index is 0.0498. The number of anilines is 1. The number of carbonyl (C=O) groups excluding carboxylic acids is 2. The van der Waals surface area contributed by atoms with Crippen LogP contribution in [0.1, 0.15) is 39.8 Å². The Bertz CT molecular complexity index is 954. The van der Waals surface area contributed by atoms with Gasteiger partial charge in [-0.3, -0.25) is 9.78 Å². The van der Waals surface area contributed by atoms with Gasteiger partial charge in [-0.15, -0.1) is 11.3 Å². The average Bonchev–Trinajstić information content (AvgIpc) is 3.24. The number of carbonyl (C=O) groups is 2. The largest absolute Gasteiger partial charge is 0.322 e. The van der Waals surface area contributed by atoms with Gasteiger partial charge in [-0.05, 0) is 43.2 Å². The number of hydrogen-bond acceptors (Lipinski definition) is 6. The predicted molar refractivity (Wildman–Crippen MR) is 126 cm³/mol. The molecule has 6 nitrogen and oxygen atoms in total.